The molecule has 1 aliphatic carbocycles. The molecule has 16 heavy (non-hydrogen) atoms. The van der Waals surface area contributed by atoms with Gasteiger partial charge in [-0.1, -0.05) is 81.5 Å². The number of hydrogen-bond acceptors (Lipinski definition) is 0. The molecule has 0 aromatic heterocycles. The van der Waals surface area contributed by atoms with E-state index >= 15 is 0 Å². The van der Waals surface area contributed by atoms with Gasteiger partial charge in [0.15, 0.2) is 0 Å². The Bertz CT molecular complexity index is 249. The summed E-state index contributed by atoms with van der Waals surface area (Å²) < 4.78 is 0. The molecule has 2 bridgehead atoms. The van der Waals surface area contributed by atoms with Gasteiger partial charge in [0.1, 0.15) is 6.71 Å². The lowest BCUT2D eigenvalue weighted by Gasteiger charge is -2.45. The van der Waals surface area contributed by atoms with E-state index in [0.717, 1.165) is 30.1 Å². The quantitative estimate of drug-likeness (QED) is 0.430. The van der Waals surface area contributed by atoms with Crippen molar-refractivity contribution in [2.24, 2.45) is 5.92 Å². The van der Waals surface area contributed by atoms with Gasteiger partial charge in [-0.2, -0.15) is 0 Å². The molecule has 2 saturated heterocycles. The highest BCUT2D eigenvalue weighted by atomic mass is 14.3. The van der Waals surface area contributed by atoms with E-state index in [2.05, 4.69) is 19.1 Å². The first-order valence-electron chi connectivity index (χ1n) is 7.51. The smallest absolute Gasteiger partial charge is 0.0887 e. The lowest BCUT2D eigenvalue weighted by molar-refractivity contribution is 0.423. The topological polar surface area (TPSA) is 0 Å². The first-order chi connectivity index (χ1) is 7.84. The standard InChI is InChI=1S/C15H25B/c1-12-5-2-10-15(11-12)16-13-6-3-7-14(16)9-4-8-13/h2,5,12-15H,3-4,6-11H2,1H3/t12-,13?,14?,15+/m0/s1. The van der Waals surface area contributed by atoms with E-state index in [1.807, 2.05) is 0 Å². The minimum atomic E-state index is 0.849. The number of fused-ring (bicyclic) bond motifs is 2. The maximum absolute atomic E-state index is 2.48. The molecule has 0 amide bonds. The largest absolute Gasteiger partial charge is 0.149 e. The molecule has 1 heteroatoms. The van der Waals surface area contributed by atoms with Crippen molar-refractivity contribution in [1.29, 1.82) is 0 Å². The van der Waals surface area contributed by atoms with Crippen molar-refractivity contribution >= 4 is 6.71 Å². The molecule has 0 aromatic rings. The van der Waals surface area contributed by atoms with E-state index < -0.39 is 0 Å². The second kappa shape index (κ2) is 4.59. The van der Waals surface area contributed by atoms with Crippen LogP contribution < -0.4 is 0 Å². The first-order valence-corrected chi connectivity index (χ1v) is 7.51. The Balaban J connectivity index is 1.75. The van der Waals surface area contributed by atoms with E-state index in [4.69, 9.17) is 0 Å². The van der Waals surface area contributed by atoms with Gasteiger partial charge in [-0.15, -0.1) is 0 Å². The van der Waals surface area contributed by atoms with Crippen molar-refractivity contribution < 1.29 is 0 Å². The van der Waals surface area contributed by atoms with Gasteiger partial charge in [0.05, 0.1) is 0 Å². The van der Waals surface area contributed by atoms with Gasteiger partial charge < -0.3 is 0 Å². The van der Waals surface area contributed by atoms with Crippen molar-refractivity contribution in [2.45, 2.75) is 75.7 Å². The number of hydrogen-bond donors (Lipinski definition) is 0. The van der Waals surface area contributed by atoms with Gasteiger partial charge in [-0.25, -0.2) is 0 Å². The lowest BCUT2D eigenvalue weighted by atomic mass is 9.21. The molecule has 2 atom stereocenters. The van der Waals surface area contributed by atoms with Gasteiger partial charge in [0.25, 0.3) is 0 Å². The summed E-state index contributed by atoms with van der Waals surface area (Å²) >= 11 is 0. The minimum Gasteiger partial charge on any atom is -0.0887 e. The average Bonchev–Trinajstić information content (AvgIpc) is 2.28. The Hall–Kier alpha value is -0.195. The summed E-state index contributed by atoms with van der Waals surface area (Å²) in [5.74, 6) is 4.10. The molecule has 88 valence electrons. The van der Waals surface area contributed by atoms with Crippen LogP contribution >= 0.6 is 0 Å². The molecule has 0 saturated carbocycles. The molecule has 0 radical (unpaired) electrons. The van der Waals surface area contributed by atoms with Crippen LogP contribution in [0, 0.1) is 5.92 Å². The molecule has 0 N–H and O–H groups in total. The van der Waals surface area contributed by atoms with E-state index in [1.165, 1.54) is 25.7 Å². The molecule has 0 unspecified atom stereocenters. The molecular formula is C15H25B. The highest BCUT2D eigenvalue weighted by Crippen LogP contribution is 2.52. The summed E-state index contributed by atoms with van der Waals surface area (Å²) in [5.41, 5.74) is 0. The Labute approximate surface area is 101 Å². The lowest BCUT2D eigenvalue weighted by Crippen LogP contribution is -2.39. The van der Waals surface area contributed by atoms with Crippen molar-refractivity contribution in [3.63, 3.8) is 0 Å². The first kappa shape index (κ1) is 10.9. The van der Waals surface area contributed by atoms with Gasteiger partial charge in [0, 0.05) is 0 Å². The second-order valence-electron chi connectivity index (χ2n) is 6.60. The Morgan fingerprint density at radius 1 is 0.938 bits per heavy atom. The molecule has 0 spiro atoms. The van der Waals surface area contributed by atoms with Crippen molar-refractivity contribution in [3.05, 3.63) is 12.2 Å². The number of allylic oxidation sites excluding steroid dienone is 2. The van der Waals surface area contributed by atoms with Crippen molar-refractivity contribution in [1.82, 2.24) is 0 Å². The fraction of sp³-hybridized carbons (Fsp3) is 0.867. The van der Waals surface area contributed by atoms with Crippen LogP contribution in [0.2, 0.25) is 17.5 Å². The molecule has 0 aromatic carbocycles. The predicted octanol–water partition coefficient (Wildman–Crippen LogP) is 4.95. The maximum Gasteiger partial charge on any atom is 0.149 e. The van der Waals surface area contributed by atoms with Crippen LogP contribution in [0.1, 0.15) is 58.3 Å². The summed E-state index contributed by atoms with van der Waals surface area (Å²) in [7, 11) is 0. The maximum atomic E-state index is 2.48. The molecule has 2 aliphatic heterocycles. The predicted molar refractivity (Wildman–Crippen MR) is 72.2 cm³/mol. The van der Waals surface area contributed by atoms with Crippen LogP contribution in [-0.2, 0) is 0 Å². The van der Waals surface area contributed by atoms with Crippen LogP contribution in [0.25, 0.3) is 0 Å². The van der Waals surface area contributed by atoms with Gasteiger partial charge in [-0.3, -0.25) is 0 Å². The second-order valence-corrected chi connectivity index (χ2v) is 6.60. The van der Waals surface area contributed by atoms with E-state index in [1.54, 1.807) is 25.7 Å². The summed E-state index contributed by atoms with van der Waals surface area (Å²) in [6, 6.07) is 0. The zero-order valence-corrected chi connectivity index (χ0v) is 10.7. The van der Waals surface area contributed by atoms with Crippen LogP contribution in [0.15, 0.2) is 12.2 Å². The van der Waals surface area contributed by atoms with Crippen LogP contribution in [0.5, 0.6) is 0 Å². The van der Waals surface area contributed by atoms with Crippen LogP contribution in [0.4, 0.5) is 0 Å². The van der Waals surface area contributed by atoms with Gasteiger partial charge >= 0.3 is 0 Å². The molecular weight excluding hydrogens is 191 g/mol. The third-order valence-corrected chi connectivity index (χ3v) is 5.51. The molecule has 2 fully saturated rings. The Kier molecular flexibility index (Phi) is 3.13. The zero-order valence-electron chi connectivity index (χ0n) is 10.7. The molecule has 3 rings (SSSR count). The van der Waals surface area contributed by atoms with Crippen molar-refractivity contribution in [3.8, 4) is 0 Å². The van der Waals surface area contributed by atoms with E-state index in [-0.39, 0.29) is 0 Å². The fourth-order valence-corrected chi connectivity index (χ4v) is 4.95. The zero-order chi connectivity index (χ0) is 11.0. The normalized spacial score (nSPS) is 43.4. The highest BCUT2D eigenvalue weighted by Gasteiger charge is 2.43. The third kappa shape index (κ3) is 1.98. The fourth-order valence-electron chi connectivity index (χ4n) is 4.95. The van der Waals surface area contributed by atoms with Gasteiger partial charge in [0.2, 0.25) is 0 Å². The summed E-state index contributed by atoms with van der Waals surface area (Å²) in [6.45, 7) is 3.51. The van der Waals surface area contributed by atoms with Crippen LogP contribution in [0.3, 0.4) is 0 Å². The summed E-state index contributed by atoms with van der Waals surface area (Å²) in [4.78, 5) is 0. The molecule has 2 heterocycles. The summed E-state index contributed by atoms with van der Waals surface area (Å²) in [5, 5.41) is 0. The highest BCUT2D eigenvalue weighted by molar-refractivity contribution is 6.64. The average molecular weight is 216 g/mol. The molecule has 3 aliphatic rings. The van der Waals surface area contributed by atoms with E-state index in [0.29, 0.717) is 0 Å². The summed E-state index contributed by atoms with van der Waals surface area (Å²) in [6.07, 6.45) is 17.1. The molecule has 0 nitrogen and oxygen atoms in total. The van der Waals surface area contributed by atoms with Crippen LogP contribution in [-0.4, -0.2) is 6.71 Å². The number of rotatable bonds is 1. The Morgan fingerprint density at radius 3 is 2.12 bits per heavy atom. The Morgan fingerprint density at radius 2 is 1.56 bits per heavy atom. The van der Waals surface area contributed by atoms with E-state index in [9.17, 15) is 0 Å². The van der Waals surface area contributed by atoms with Gasteiger partial charge in [-0.05, 0) is 12.3 Å². The van der Waals surface area contributed by atoms with Crippen molar-refractivity contribution in [2.75, 3.05) is 0 Å². The minimum absolute atomic E-state index is 0.849. The third-order valence-electron chi connectivity index (χ3n) is 5.51. The SMILES string of the molecule is C[C@H]1C=CC[C@@H](B2C3CCCC2CCC3)C1. The monoisotopic (exact) mass is 216 g/mol.